The number of rotatable bonds is 4. The van der Waals surface area contributed by atoms with Crippen LogP contribution < -0.4 is 5.32 Å². The van der Waals surface area contributed by atoms with Crippen molar-refractivity contribution in [3.8, 4) is 5.13 Å². The van der Waals surface area contributed by atoms with E-state index >= 15 is 0 Å². The number of nitrogens with zero attached hydrogens (tertiary/aromatic N) is 3. The van der Waals surface area contributed by atoms with Crippen LogP contribution in [0.5, 0.6) is 0 Å². The Morgan fingerprint density at radius 3 is 2.37 bits per heavy atom. The molecule has 0 fully saturated rings. The molecule has 0 bridgehead atoms. The van der Waals surface area contributed by atoms with Crippen molar-refractivity contribution in [1.29, 1.82) is 0 Å². The van der Waals surface area contributed by atoms with Crippen LogP contribution in [0.15, 0.2) is 42.5 Å². The molecule has 4 rings (SSSR count). The molecule has 0 radical (unpaired) electrons. The van der Waals surface area contributed by atoms with Gasteiger partial charge in [0.25, 0.3) is 5.91 Å². The van der Waals surface area contributed by atoms with E-state index in [0.717, 1.165) is 15.9 Å². The van der Waals surface area contributed by atoms with E-state index in [1.807, 2.05) is 6.92 Å². The van der Waals surface area contributed by atoms with E-state index in [1.54, 1.807) is 35.0 Å². The molecule has 4 aromatic rings. The first-order valence-corrected chi connectivity index (χ1v) is 10.1. The lowest BCUT2D eigenvalue weighted by atomic mass is 10.1. The number of aromatic nitrogens is 3. The summed E-state index contributed by atoms with van der Waals surface area (Å²) in [4.78, 5) is 29.0. The van der Waals surface area contributed by atoms with Gasteiger partial charge in [0, 0.05) is 11.6 Å². The molecule has 8 heteroatoms. The number of thiazole rings is 1. The molecule has 1 N–H and O–H groups in total. The number of carbonyl (C=O) groups is 2. The van der Waals surface area contributed by atoms with Crippen molar-refractivity contribution in [2.45, 2.75) is 20.8 Å². The zero-order chi connectivity index (χ0) is 21.4. The van der Waals surface area contributed by atoms with Crippen LogP contribution in [0.2, 0.25) is 0 Å². The van der Waals surface area contributed by atoms with Gasteiger partial charge in [0.15, 0.2) is 0 Å². The standard InChI is InChI=1S/C22H20N4O3S/c1-12-9-17-18(10-13(12)2)30-22(23-17)26-19(11-14(3)25-26)24-20(27)15-5-7-16(8-6-15)21(28)29-4/h5-11H,1-4H3,(H,24,27). The molecule has 0 spiro atoms. The molecule has 0 saturated carbocycles. The lowest BCUT2D eigenvalue weighted by Gasteiger charge is -2.07. The predicted octanol–water partition coefficient (Wildman–Crippen LogP) is 4.45. The Bertz CT molecular complexity index is 1230. The van der Waals surface area contributed by atoms with Crippen LogP contribution in [0.1, 0.15) is 37.5 Å². The predicted molar refractivity (Wildman–Crippen MR) is 117 cm³/mol. The molecule has 0 aliphatic heterocycles. The number of aryl methyl sites for hydroxylation is 3. The van der Waals surface area contributed by atoms with Crippen LogP contribution in [-0.4, -0.2) is 33.8 Å². The number of nitrogens with one attached hydrogen (secondary N) is 1. The van der Waals surface area contributed by atoms with Gasteiger partial charge in [-0.25, -0.2) is 9.78 Å². The van der Waals surface area contributed by atoms with Crippen molar-refractivity contribution in [2.24, 2.45) is 0 Å². The van der Waals surface area contributed by atoms with Gasteiger partial charge in [-0.3, -0.25) is 4.79 Å². The van der Waals surface area contributed by atoms with E-state index in [-0.39, 0.29) is 5.91 Å². The Labute approximate surface area is 177 Å². The van der Waals surface area contributed by atoms with Crippen LogP contribution in [0, 0.1) is 20.8 Å². The van der Waals surface area contributed by atoms with E-state index in [4.69, 9.17) is 4.98 Å². The zero-order valence-corrected chi connectivity index (χ0v) is 17.8. The number of hydrogen-bond donors (Lipinski definition) is 1. The summed E-state index contributed by atoms with van der Waals surface area (Å²) < 4.78 is 7.39. The maximum Gasteiger partial charge on any atom is 0.337 e. The summed E-state index contributed by atoms with van der Waals surface area (Å²) in [6.07, 6.45) is 0. The van der Waals surface area contributed by atoms with Crippen molar-refractivity contribution in [3.05, 3.63) is 70.4 Å². The molecule has 2 aromatic heterocycles. The third-order valence-electron chi connectivity index (χ3n) is 4.82. The molecular weight excluding hydrogens is 400 g/mol. The second kappa shape index (κ2) is 7.72. The zero-order valence-electron chi connectivity index (χ0n) is 17.0. The maximum absolute atomic E-state index is 12.7. The fraction of sp³-hybridized carbons (Fsp3) is 0.182. The first-order valence-electron chi connectivity index (χ1n) is 9.30. The smallest absolute Gasteiger partial charge is 0.337 e. The lowest BCUT2D eigenvalue weighted by Crippen LogP contribution is -2.15. The minimum atomic E-state index is -0.447. The third-order valence-corrected chi connectivity index (χ3v) is 5.81. The summed E-state index contributed by atoms with van der Waals surface area (Å²) in [6, 6.07) is 12.2. The topological polar surface area (TPSA) is 86.1 Å². The number of carbonyl (C=O) groups excluding carboxylic acids is 2. The molecule has 1 amide bonds. The van der Waals surface area contributed by atoms with Crippen molar-refractivity contribution < 1.29 is 14.3 Å². The summed E-state index contributed by atoms with van der Waals surface area (Å²) in [5.74, 6) is -0.223. The average Bonchev–Trinajstić information content (AvgIpc) is 3.30. The SMILES string of the molecule is COC(=O)c1ccc(C(=O)Nc2cc(C)nn2-c2nc3cc(C)c(C)cc3s2)cc1. The van der Waals surface area contributed by atoms with E-state index in [1.165, 1.54) is 29.6 Å². The quantitative estimate of drug-likeness (QED) is 0.493. The molecule has 0 aliphatic carbocycles. The van der Waals surface area contributed by atoms with Gasteiger partial charge in [0.05, 0.1) is 28.6 Å². The number of esters is 1. The van der Waals surface area contributed by atoms with Gasteiger partial charge >= 0.3 is 5.97 Å². The van der Waals surface area contributed by atoms with Crippen molar-refractivity contribution >= 4 is 39.2 Å². The molecule has 2 heterocycles. The largest absolute Gasteiger partial charge is 0.465 e. The minimum absolute atomic E-state index is 0.305. The Hall–Kier alpha value is -3.52. The van der Waals surface area contributed by atoms with E-state index < -0.39 is 5.97 Å². The Kier molecular flexibility index (Phi) is 5.09. The third kappa shape index (κ3) is 3.69. The fourth-order valence-electron chi connectivity index (χ4n) is 3.06. The molecule has 30 heavy (non-hydrogen) atoms. The number of methoxy groups -OCH3 is 1. The van der Waals surface area contributed by atoms with Gasteiger partial charge in [-0.2, -0.15) is 9.78 Å². The van der Waals surface area contributed by atoms with Crippen LogP contribution in [0.25, 0.3) is 15.3 Å². The summed E-state index contributed by atoms with van der Waals surface area (Å²) >= 11 is 1.52. The lowest BCUT2D eigenvalue weighted by molar-refractivity contribution is 0.0600. The normalized spacial score (nSPS) is 10.9. The molecule has 152 valence electrons. The molecule has 7 nitrogen and oxygen atoms in total. The molecule has 2 aromatic carbocycles. The second-order valence-electron chi connectivity index (χ2n) is 7.01. The fourth-order valence-corrected chi connectivity index (χ4v) is 4.07. The highest BCUT2D eigenvalue weighted by Gasteiger charge is 2.16. The van der Waals surface area contributed by atoms with E-state index in [2.05, 4.69) is 41.1 Å². The van der Waals surface area contributed by atoms with Gasteiger partial charge in [-0.1, -0.05) is 11.3 Å². The van der Waals surface area contributed by atoms with E-state index in [0.29, 0.717) is 22.1 Å². The second-order valence-corrected chi connectivity index (χ2v) is 8.02. The average molecular weight is 420 g/mol. The van der Waals surface area contributed by atoms with Crippen LogP contribution in [-0.2, 0) is 4.74 Å². The number of hydrogen-bond acceptors (Lipinski definition) is 6. The van der Waals surface area contributed by atoms with Gasteiger partial charge in [0.1, 0.15) is 5.82 Å². The van der Waals surface area contributed by atoms with Crippen LogP contribution in [0.3, 0.4) is 0 Å². The Morgan fingerprint density at radius 1 is 1.00 bits per heavy atom. The van der Waals surface area contributed by atoms with Gasteiger partial charge < -0.3 is 10.1 Å². The minimum Gasteiger partial charge on any atom is -0.465 e. The molecular formula is C22H20N4O3S. The molecule has 0 saturated heterocycles. The summed E-state index contributed by atoms with van der Waals surface area (Å²) in [6.45, 7) is 5.99. The number of amides is 1. The van der Waals surface area contributed by atoms with Crippen molar-refractivity contribution in [2.75, 3.05) is 12.4 Å². The highest BCUT2D eigenvalue weighted by atomic mass is 32.1. The van der Waals surface area contributed by atoms with Crippen LogP contribution >= 0.6 is 11.3 Å². The first-order chi connectivity index (χ1) is 14.4. The Balaban J connectivity index is 1.64. The number of benzene rings is 2. The van der Waals surface area contributed by atoms with Crippen molar-refractivity contribution in [1.82, 2.24) is 14.8 Å². The summed E-state index contributed by atoms with van der Waals surface area (Å²) in [5, 5.41) is 8.07. The van der Waals surface area contributed by atoms with Crippen LogP contribution in [0.4, 0.5) is 5.82 Å². The molecule has 0 aliphatic rings. The highest BCUT2D eigenvalue weighted by Crippen LogP contribution is 2.29. The highest BCUT2D eigenvalue weighted by molar-refractivity contribution is 7.20. The van der Waals surface area contributed by atoms with Gasteiger partial charge in [0.2, 0.25) is 5.13 Å². The first kappa shape index (κ1) is 19.8. The van der Waals surface area contributed by atoms with Crippen molar-refractivity contribution in [3.63, 3.8) is 0 Å². The summed E-state index contributed by atoms with van der Waals surface area (Å²) in [5.41, 5.74) is 4.86. The number of fused-ring (bicyclic) bond motifs is 1. The monoisotopic (exact) mass is 420 g/mol. The molecule has 0 atom stereocenters. The molecule has 0 unspecified atom stereocenters. The number of ether oxygens (including phenoxy) is 1. The van der Waals surface area contributed by atoms with E-state index in [9.17, 15) is 9.59 Å². The number of anilines is 1. The van der Waals surface area contributed by atoms with Gasteiger partial charge in [-0.05, 0) is 68.3 Å². The summed E-state index contributed by atoms with van der Waals surface area (Å²) in [7, 11) is 1.32. The Morgan fingerprint density at radius 2 is 1.67 bits per heavy atom. The van der Waals surface area contributed by atoms with Gasteiger partial charge in [-0.15, -0.1) is 0 Å². The maximum atomic E-state index is 12.7.